The summed E-state index contributed by atoms with van der Waals surface area (Å²) in [5.41, 5.74) is 2.42. The van der Waals surface area contributed by atoms with Gasteiger partial charge in [0.1, 0.15) is 0 Å². The van der Waals surface area contributed by atoms with Crippen molar-refractivity contribution >= 4 is 5.91 Å². The van der Waals surface area contributed by atoms with E-state index in [-0.39, 0.29) is 12.5 Å². The molecule has 1 aliphatic rings. The zero-order chi connectivity index (χ0) is 13.7. The Morgan fingerprint density at radius 2 is 2.26 bits per heavy atom. The maximum Gasteiger partial charge on any atom is 0.252 e. The SMILES string of the molecule is Cc1ccc(C#CCCO)c(C(=O)NC2CCC2)c1. The number of aliphatic hydroxyl groups excluding tert-OH is 1. The van der Waals surface area contributed by atoms with Crippen LogP contribution in [0.3, 0.4) is 0 Å². The molecule has 0 aromatic heterocycles. The standard InChI is InChI=1S/C16H19NO2/c1-12-8-9-13(5-2-3-10-18)15(11-12)16(19)17-14-6-4-7-14/h8-9,11,14,18H,3-4,6-7,10H2,1H3,(H,17,19). The Morgan fingerprint density at radius 3 is 2.89 bits per heavy atom. The first-order chi connectivity index (χ1) is 9.20. The topological polar surface area (TPSA) is 49.3 Å². The lowest BCUT2D eigenvalue weighted by Gasteiger charge is -2.26. The highest BCUT2D eigenvalue weighted by molar-refractivity contribution is 5.97. The second-order valence-corrected chi connectivity index (χ2v) is 4.93. The monoisotopic (exact) mass is 257 g/mol. The highest BCUT2D eigenvalue weighted by Crippen LogP contribution is 2.19. The van der Waals surface area contributed by atoms with Crippen LogP contribution in [0.1, 0.15) is 47.2 Å². The third kappa shape index (κ3) is 3.59. The van der Waals surface area contributed by atoms with E-state index < -0.39 is 0 Å². The van der Waals surface area contributed by atoms with Gasteiger partial charge < -0.3 is 10.4 Å². The second-order valence-electron chi connectivity index (χ2n) is 4.93. The minimum atomic E-state index is -0.0401. The Hall–Kier alpha value is -1.79. The molecular formula is C16H19NO2. The van der Waals surface area contributed by atoms with Gasteiger partial charge in [0.2, 0.25) is 0 Å². The van der Waals surface area contributed by atoms with Gasteiger partial charge in [-0.3, -0.25) is 4.79 Å². The lowest BCUT2D eigenvalue weighted by molar-refractivity contribution is 0.0916. The fraction of sp³-hybridized carbons (Fsp3) is 0.438. The van der Waals surface area contributed by atoms with E-state index in [9.17, 15) is 4.79 Å². The van der Waals surface area contributed by atoms with Gasteiger partial charge in [-0.15, -0.1) is 0 Å². The number of aryl methyl sites for hydroxylation is 1. The van der Waals surface area contributed by atoms with Gasteiger partial charge >= 0.3 is 0 Å². The summed E-state index contributed by atoms with van der Waals surface area (Å²) in [5, 5.41) is 11.8. The maximum atomic E-state index is 12.2. The zero-order valence-electron chi connectivity index (χ0n) is 11.2. The molecule has 2 N–H and O–H groups in total. The van der Waals surface area contributed by atoms with Crippen molar-refractivity contribution in [3.8, 4) is 11.8 Å². The number of hydrogen-bond acceptors (Lipinski definition) is 2. The van der Waals surface area contributed by atoms with E-state index in [0.29, 0.717) is 18.0 Å². The average Bonchev–Trinajstić information content (AvgIpc) is 2.35. The third-order valence-electron chi connectivity index (χ3n) is 3.32. The third-order valence-corrected chi connectivity index (χ3v) is 3.32. The fourth-order valence-electron chi connectivity index (χ4n) is 1.98. The van der Waals surface area contributed by atoms with Crippen molar-refractivity contribution < 1.29 is 9.90 Å². The minimum Gasteiger partial charge on any atom is -0.395 e. The van der Waals surface area contributed by atoms with Gasteiger partial charge in [-0.2, -0.15) is 0 Å². The van der Waals surface area contributed by atoms with E-state index in [2.05, 4.69) is 17.2 Å². The number of nitrogens with one attached hydrogen (secondary N) is 1. The van der Waals surface area contributed by atoms with Crippen LogP contribution in [-0.4, -0.2) is 23.7 Å². The minimum absolute atomic E-state index is 0.0401. The first-order valence-corrected chi connectivity index (χ1v) is 6.72. The van der Waals surface area contributed by atoms with Crippen molar-refractivity contribution in [1.82, 2.24) is 5.32 Å². The average molecular weight is 257 g/mol. The van der Waals surface area contributed by atoms with Gasteiger partial charge in [0, 0.05) is 18.0 Å². The molecule has 1 fully saturated rings. The molecule has 1 aromatic rings. The number of benzene rings is 1. The molecule has 1 amide bonds. The van der Waals surface area contributed by atoms with Crippen LogP contribution in [0, 0.1) is 18.8 Å². The van der Waals surface area contributed by atoms with E-state index >= 15 is 0 Å². The summed E-state index contributed by atoms with van der Waals surface area (Å²) < 4.78 is 0. The van der Waals surface area contributed by atoms with Crippen LogP contribution in [0.15, 0.2) is 18.2 Å². The Morgan fingerprint density at radius 1 is 1.47 bits per heavy atom. The molecule has 3 heteroatoms. The van der Waals surface area contributed by atoms with Gasteiger partial charge in [0.25, 0.3) is 5.91 Å². The molecule has 2 rings (SSSR count). The molecule has 1 aliphatic carbocycles. The summed E-state index contributed by atoms with van der Waals surface area (Å²) in [6, 6.07) is 6.02. The Bertz CT molecular complexity index is 521. The number of amides is 1. The van der Waals surface area contributed by atoms with Crippen molar-refractivity contribution in [3.05, 3.63) is 34.9 Å². The van der Waals surface area contributed by atoms with E-state index in [1.807, 2.05) is 25.1 Å². The van der Waals surface area contributed by atoms with Crippen LogP contribution in [0.25, 0.3) is 0 Å². The molecule has 0 unspecified atom stereocenters. The smallest absolute Gasteiger partial charge is 0.252 e. The van der Waals surface area contributed by atoms with Crippen LogP contribution < -0.4 is 5.32 Å². The summed E-state index contributed by atoms with van der Waals surface area (Å²) >= 11 is 0. The molecule has 0 atom stereocenters. The lowest BCUT2D eigenvalue weighted by atomic mass is 9.92. The molecule has 0 heterocycles. The molecule has 19 heavy (non-hydrogen) atoms. The van der Waals surface area contributed by atoms with Crippen molar-refractivity contribution in [2.24, 2.45) is 0 Å². The van der Waals surface area contributed by atoms with Gasteiger partial charge in [-0.1, -0.05) is 23.5 Å². The predicted molar refractivity (Wildman–Crippen MR) is 74.9 cm³/mol. The zero-order valence-corrected chi connectivity index (χ0v) is 11.2. The molecule has 0 spiro atoms. The Labute approximate surface area is 114 Å². The van der Waals surface area contributed by atoms with E-state index in [1.165, 1.54) is 6.42 Å². The normalized spacial score (nSPS) is 14.2. The molecule has 100 valence electrons. The predicted octanol–water partition coefficient (Wildman–Crippen LogP) is 2.01. The van der Waals surface area contributed by atoms with E-state index in [0.717, 1.165) is 24.0 Å². The quantitative estimate of drug-likeness (QED) is 0.814. The van der Waals surface area contributed by atoms with Crippen LogP contribution >= 0.6 is 0 Å². The van der Waals surface area contributed by atoms with E-state index in [4.69, 9.17) is 5.11 Å². The molecular weight excluding hydrogens is 238 g/mol. The number of rotatable bonds is 3. The Kier molecular flexibility index (Phi) is 4.59. The molecule has 3 nitrogen and oxygen atoms in total. The van der Waals surface area contributed by atoms with E-state index in [1.54, 1.807) is 0 Å². The van der Waals surface area contributed by atoms with Gasteiger partial charge in [-0.25, -0.2) is 0 Å². The molecule has 0 bridgehead atoms. The van der Waals surface area contributed by atoms with Crippen LogP contribution in [0.4, 0.5) is 0 Å². The van der Waals surface area contributed by atoms with Crippen LogP contribution in [0.2, 0.25) is 0 Å². The summed E-state index contributed by atoms with van der Waals surface area (Å²) in [6.07, 6.45) is 3.77. The summed E-state index contributed by atoms with van der Waals surface area (Å²) in [5.74, 6) is 5.79. The number of carbonyl (C=O) groups is 1. The maximum absolute atomic E-state index is 12.2. The molecule has 0 saturated heterocycles. The lowest BCUT2D eigenvalue weighted by Crippen LogP contribution is -2.39. The summed E-state index contributed by atoms with van der Waals surface area (Å²) in [4.78, 5) is 12.2. The van der Waals surface area contributed by atoms with Crippen molar-refractivity contribution in [1.29, 1.82) is 0 Å². The number of hydrogen-bond donors (Lipinski definition) is 2. The van der Waals surface area contributed by atoms with Gasteiger partial charge in [-0.05, 0) is 38.3 Å². The van der Waals surface area contributed by atoms with Crippen molar-refractivity contribution in [2.75, 3.05) is 6.61 Å². The molecule has 1 saturated carbocycles. The number of carbonyl (C=O) groups excluding carboxylic acids is 1. The first-order valence-electron chi connectivity index (χ1n) is 6.72. The molecule has 0 radical (unpaired) electrons. The number of aliphatic hydroxyl groups is 1. The summed E-state index contributed by atoms with van der Waals surface area (Å²) in [7, 11) is 0. The highest BCUT2D eigenvalue weighted by Gasteiger charge is 2.21. The largest absolute Gasteiger partial charge is 0.395 e. The summed E-state index contributed by atoms with van der Waals surface area (Å²) in [6.45, 7) is 2.01. The molecule has 0 aliphatic heterocycles. The first kappa shape index (κ1) is 13.6. The van der Waals surface area contributed by atoms with Gasteiger partial charge in [0.05, 0.1) is 12.2 Å². The van der Waals surface area contributed by atoms with Crippen molar-refractivity contribution in [2.45, 2.75) is 38.6 Å². The molecule has 1 aromatic carbocycles. The van der Waals surface area contributed by atoms with Crippen LogP contribution in [0.5, 0.6) is 0 Å². The van der Waals surface area contributed by atoms with Crippen LogP contribution in [-0.2, 0) is 0 Å². The Balaban J connectivity index is 2.18. The fourth-order valence-corrected chi connectivity index (χ4v) is 1.98. The second kappa shape index (κ2) is 6.40. The van der Waals surface area contributed by atoms with Crippen molar-refractivity contribution in [3.63, 3.8) is 0 Å². The van der Waals surface area contributed by atoms with Gasteiger partial charge in [0.15, 0.2) is 0 Å². The highest BCUT2D eigenvalue weighted by atomic mass is 16.2.